The minimum atomic E-state index is -0.897. The number of aromatic hydroxyl groups is 1. The van der Waals surface area contributed by atoms with Crippen LogP contribution in [0.1, 0.15) is 37.8 Å². The minimum Gasteiger partial charge on any atom is -0.508 e. The van der Waals surface area contributed by atoms with E-state index >= 15 is 0 Å². The molecule has 5 unspecified atom stereocenters. The van der Waals surface area contributed by atoms with Crippen LogP contribution in [0.2, 0.25) is 0 Å². The Morgan fingerprint density at radius 2 is 1.94 bits per heavy atom. The van der Waals surface area contributed by atoms with E-state index in [1.807, 2.05) is 20.2 Å². The van der Waals surface area contributed by atoms with Gasteiger partial charge in [-0.15, -0.1) is 0 Å². The molecular formula is C29H38N4O3. The number of phenolic OH excluding ortho intramolecular Hbond substituents is 1. The zero-order valence-corrected chi connectivity index (χ0v) is 21.7. The van der Waals surface area contributed by atoms with Gasteiger partial charge in [-0.3, -0.25) is 14.5 Å². The highest BCUT2D eigenvalue weighted by Crippen LogP contribution is 2.54. The molecule has 1 saturated carbocycles. The lowest BCUT2D eigenvalue weighted by Crippen LogP contribution is -2.75. The summed E-state index contributed by atoms with van der Waals surface area (Å²) in [6.07, 6.45) is 1.56. The fourth-order valence-electron chi connectivity index (χ4n) is 6.89. The highest BCUT2D eigenvalue weighted by Gasteiger charge is 2.67. The standard InChI is InChI=1S/C29H38N4O3/c1-18(2)12-24-26-25-21(17-33(26)16-19-8-10-22(11-9-19)32(3)4)14-29(24,31-27(25)35)28(36)30-15-20-6-5-7-23(34)13-20/h5-11,13,18,21,24-26,34H,12,14-17H2,1-4H3,(H,30,36)(H,31,35). The SMILES string of the molecule is CC(C)CC1C2C3C(=O)NC1(C(=O)NCc1cccc(O)c1)CC3CN2Cc1ccc(N(C)C)cc1. The molecule has 2 aromatic rings. The topological polar surface area (TPSA) is 84.9 Å². The van der Waals surface area contributed by atoms with Crippen LogP contribution in [0.5, 0.6) is 5.75 Å². The summed E-state index contributed by atoms with van der Waals surface area (Å²) in [7, 11) is 4.07. The van der Waals surface area contributed by atoms with Gasteiger partial charge in [0.25, 0.3) is 0 Å². The summed E-state index contributed by atoms with van der Waals surface area (Å²) in [4.78, 5) is 31.7. The third-order valence-corrected chi connectivity index (χ3v) is 8.38. The number of rotatable bonds is 8. The number of piperidine rings is 2. The third-order valence-electron chi connectivity index (χ3n) is 8.38. The molecule has 0 aromatic heterocycles. The molecule has 36 heavy (non-hydrogen) atoms. The van der Waals surface area contributed by atoms with Crippen LogP contribution in [0.3, 0.4) is 0 Å². The number of hydrogen-bond acceptors (Lipinski definition) is 5. The second kappa shape index (κ2) is 9.43. The molecule has 0 radical (unpaired) electrons. The van der Waals surface area contributed by atoms with Crippen molar-refractivity contribution in [3.05, 3.63) is 59.7 Å². The first-order valence-electron chi connectivity index (χ1n) is 13.1. The molecule has 7 heteroatoms. The van der Waals surface area contributed by atoms with E-state index < -0.39 is 5.54 Å². The number of likely N-dealkylation sites (tertiary alicyclic amines) is 1. The van der Waals surface area contributed by atoms with Gasteiger partial charge in [-0.25, -0.2) is 0 Å². The maximum atomic E-state index is 13.8. The van der Waals surface area contributed by atoms with Crippen molar-refractivity contribution in [2.24, 2.45) is 23.7 Å². The summed E-state index contributed by atoms with van der Waals surface area (Å²) >= 11 is 0. The number of hydrogen-bond donors (Lipinski definition) is 3. The number of carbonyl (C=O) groups excluding carboxylic acids is 2. The van der Waals surface area contributed by atoms with Crippen LogP contribution in [0.4, 0.5) is 5.69 Å². The fourth-order valence-corrected chi connectivity index (χ4v) is 6.89. The Bertz CT molecular complexity index is 1130. The van der Waals surface area contributed by atoms with Gasteiger partial charge in [0.15, 0.2) is 0 Å². The highest BCUT2D eigenvalue weighted by molar-refractivity contribution is 5.96. The molecule has 4 fully saturated rings. The lowest BCUT2D eigenvalue weighted by Gasteiger charge is -2.55. The Labute approximate surface area is 213 Å². The van der Waals surface area contributed by atoms with Gasteiger partial charge < -0.3 is 20.6 Å². The maximum Gasteiger partial charge on any atom is 0.246 e. The summed E-state index contributed by atoms with van der Waals surface area (Å²) in [5, 5.41) is 16.1. The van der Waals surface area contributed by atoms with Crippen molar-refractivity contribution in [2.75, 3.05) is 25.5 Å². The average Bonchev–Trinajstić information content (AvgIpc) is 3.13. The van der Waals surface area contributed by atoms with Gasteiger partial charge in [0, 0.05) is 51.4 Å². The molecule has 1 aliphatic carbocycles. The molecule has 3 N–H and O–H groups in total. The van der Waals surface area contributed by atoms with Crippen molar-refractivity contribution in [1.29, 1.82) is 0 Å². The molecule has 192 valence electrons. The van der Waals surface area contributed by atoms with E-state index in [0.717, 1.165) is 30.8 Å². The monoisotopic (exact) mass is 490 g/mol. The Morgan fingerprint density at radius 3 is 2.61 bits per heavy atom. The van der Waals surface area contributed by atoms with Crippen LogP contribution < -0.4 is 15.5 Å². The van der Waals surface area contributed by atoms with E-state index in [1.165, 1.54) is 5.56 Å². The molecule has 5 atom stereocenters. The van der Waals surface area contributed by atoms with Crippen LogP contribution in [-0.4, -0.2) is 54.0 Å². The normalized spacial score (nSPS) is 28.9. The van der Waals surface area contributed by atoms with E-state index in [2.05, 4.69) is 58.5 Å². The van der Waals surface area contributed by atoms with E-state index in [0.29, 0.717) is 18.9 Å². The molecule has 4 bridgehead atoms. The van der Waals surface area contributed by atoms with E-state index in [9.17, 15) is 14.7 Å². The Kier molecular flexibility index (Phi) is 6.45. The number of phenols is 1. The van der Waals surface area contributed by atoms with E-state index in [-0.39, 0.29) is 41.4 Å². The largest absolute Gasteiger partial charge is 0.508 e. The molecule has 3 heterocycles. The third kappa shape index (κ3) is 4.34. The van der Waals surface area contributed by atoms with Crippen molar-refractivity contribution >= 4 is 17.5 Å². The maximum absolute atomic E-state index is 13.8. The highest BCUT2D eigenvalue weighted by atomic mass is 16.3. The Balaban J connectivity index is 1.41. The first-order chi connectivity index (χ1) is 17.2. The summed E-state index contributed by atoms with van der Waals surface area (Å²) in [6, 6.07) is 15.6. The second-order valence-electron chi connectivity index (χ2n) is 11.5. The Hall–Kier alpha value is -3.06. The van der Waals surface area contributed by atoms with Crippen molar-refractivity contribution in [3.8, 4) is 5.75 Å². The fraction of sp³-hybridized carbons (Fsp3) is 0.517. The van der Waals surface area contributed by atoms with Gasteiger partial charge in [-0.1, -0.05) is 38.1 Å². The Morgan fingerprint density at radius 1 is 1.19 bits per heavy atom. The minimum absolute atomic E-state index is 0.0224. The van der Waals surface area contributed by atoms with E-state index in [1.54, 1.807) is 18.2 Å². The molecule has 6 rings (SSSR count). The van der Waals surface area contributed by atoms with Crippen LogP contribution in [0.15, 0.2) is 48.5 Å². The van der Waals surface area contributed by atoms with Crippen molar-refractivity contribution in [2.45, 2.75) is 51.4 Å². The molecular weight excluding hydrogens is 452 g/mol. The summed E-state index contributed by atoms with van der Waals surface area (Å²) < 4.78 is 0. The summed E-state index contributed by atoms with van der Waals surface area (Å²) in [6.45, 7) is 6.33. The lowest BCUT2D eigenvalue weighted by molar-refractivity contribution is -0.155. The first-order valence-corrected chi connectivity index (χ1v) is 13.1. The van der Waals surface area contributed by atoms with Gasteiger partial charge in [-0.2, -0.15) is 0 Å². The predicted molar refractivity (Wildman–Crippen MR) is 140 cm³/mol. The number of fused-ring (bicyclic) bond motifs is 1. The average molecular weight is 491 g/mol. The first kappa shape index (κ1) is 24.6. The number of carbonyl (C=O) groups is 2. The molecule has 2 aromatic carbocycles. The van der Waals surface area contributed by atoms with Crippen molar-refractivity contribution in [1.82, 2.24) is 15.5 Å². The molecule has 4 aliphatic rings. The quantitative estimate of drug-likeness (QED) is 0.530. The van der Waals surface area contributed by atoms with Crippen molar-refractivity contribution < 1.29 is 14.7 Å². The number of anilines is 1. The molecule has 3 aliphatic heterocycles. The van der Waals surface area contributed by atoms with Crippen LogP contribution in [0.25, 0.3) is 0 Å². The van der Waals surface area contributed by atoms with Gasteiger partial charge in [0.2, 0.25) is 11.8 Å². The smallest absolute Gasteiger partial charge is 0.246 e. The zero-order valence-electron chi connectivity index (χ0n) is 21.7. The van der Waals surface area contributed by atoms with Gasteiger partial charge in [-0.05, 0) is 60.1 Å². The second-order valence-corrected chi connectivity index (χ2v) is 11.5. The lowest BCUT2D eigenvalue weighted by atomic mass is 9.57. The van der Waals surface area contributed by atoms with Crippen LogP contribution >= 0.6 is 0 Å². The number of amides is 2. The van der Waals surface area contributed by atoms with E-state index in [4.69, 9.17) is 0 Å². The zero-order chi connectivity index (χ0) is 25.6. The van der Waals surface area contributed by atoms with Gasteiger partial charge in [0.05, 0.1) is 5.92 Å². The summed E-state index contributed by atoms with van der Waals surface area (Å²) in [5.74, 6) is 0.669. The summed E-state index contributed by atoms with van der Waals surface area (Å²) in [5.41, 5.74) is 2.33. The van der Waals surface area contributed by atoms with Crippen LogP contribution in [-0.2, 0) is 22.7 Å². The predicted octanol–water partition coefficient (Wildman–Crippen LogP) is 3.13. The molecule has 3 saturated heterocycles. The molecule has 7 nitrogen and oxygen atoms in total. The molecule has 2 amide bonds. The number of benzene rings is 2. The van der Waals surface area contributed by atoms with Crippen LogP contribution in [0, 0.1) is 23.7 Å². The van der Waals surface area contributed by atoms with Gasteiger partial charge >= 0.3 is 0 Å². The number of nitrogens with one attached hydrogen (secondary N) is 2. The molecule has 0 spiro atoms. The number of nitrogens with zero attached hydrogens (tertiary/aromatic N) is 2. The van der Waals surface area contributed by atoms with Crippen molar-refractivity contribution in [3.63, 3.8) is 0 Å². The van der Waals surface area contributed by atoms with Gasteiger partial charge in [0.1, 0.15) is 11.3 Å².